The molecule has 1 fully saturated rings. The summed E-state index contributed by atoms with van der Waals surface area (Å²) < 4.78 is 16.2. The van der Waals surface area contributed by atoms with E-state index in [-0.39, 0.29) is 0 Å². The highest BCUT2D eigenvalue weighted by molar-refractivity contribution is 7.15. The molecule has 1 heterocycles. The molecule has 3 rings (SSSR count). The molecule has 0 spiro atoms. The standard InChI is InChI=1S/C16H20N2O3S/c1-19-12-7-14(21-3)13(20-2)6-11(12)15-8-18-16(22-15)9-17-10-4-5-10/h6-8,10,17H,4-5,9H2,1-3H3. The first-order chi connectivity index (χ1) is 10.7. The van der Waals surface area contributed by atoms with E-state index in [4.69, 9.17) is 14.2 Å². The van der Waals surface area contributed by atoms with Crippen molar-refractivity contribution in [2.24, 2.45) is 0 Å². The van der Waals surface area contributed by atoms with E-state index in [1.54, 1.807) is 32.7 Å². The van der Waals surface area contributed by atoms with Gasteiger partial charge in [-0.15, -0.1) is 11.3 Å². The van der Waals surface area contributed by atoms with Crippen molar-refractivity contribution in [1.82, 2.24) is 10.3 Å². The molecule has 0 radical (unpaired) electrons. The maximum Gasteiger partial charge on any atom is 0.164 e. The van der Waals surface area contributed by atoms with Crippen LogP contribution in [0.25, 0.3) is 10.4 Å². The van der Waals surface area contributed by atoms with Gasteiger partial charge < -0.3 is 19.5 Å². The van der Waals surface area contributed by atoms with Crippen molar-refractivity contribution in [2.45, 2.75) is 25.4 Å². The highest BCUT2D eigenvalue weighted by Gasteiger charge is 2.21. The second kappa shape index (κ2) is 6.54. The number of ether oxygens (including phenoxy) is 3. The van der Waals surface area contributed by atoms with Crippen LogP contribution in [0, 0.1) is 0 Å². The average molecular weight is 320 g/mol. The Bertz CT molecular complexity index is 653. The van der Waals surface area contributed by atoms with Crippen LogP contribution >= 0.6 is 11.3 Å². The van der Waals surface area contributed by atoms with Crippen LogP contribution in [0.3, 0.4) is 0 Å². The number of aromatic nitrogens is 1. The molecule has 22 heavy (non-hydrogen) atoms. The lowest BCUT2D eigenvalue weighted by Gasteiger charge is -2.12. The molecule has 1 aliphatic rings. The Morgan fingerprint density at radius 3 is 2.41 bits per heavy atom. The van der Waals surface area contributed by atoms with Crippen molar-refractivity contribution in [1.29, 1.82) is 0 Å². The van der Waals surface area contributed by atoms with Gasteiger partial charge in [0.1, 0.15) is 10.8 Å². The van der Waals surface area contributed by atoms with Gasteiger partial charge >= 0.3 is 0 Å². The molecule has 0 saturated heterocycles. The van der Waals surface area contributed by atoms with Gasteiger partial charge in [0.2, 0.25) is 0 Å². The van der Waals surface area contributed by atoms with Crippen molar-refractivity contribution in [3.8, 4) is 27.7 Å². The molecule has 6 heteroatoms. The van der Waals surface area contributed by atoms with Crippen LogP contribution in [0.15, 0.2) is 18.3 Å². The molecule has 1 aromatic heterocycles. The van der Waals surface area contributed by atoms with Gasteiger partial charge in [-0.3, -0.25) is 0 Å². The minimum atomic E-state index is 0.656. The van der Waals surface area contributed by atoms with Crippen molar-refractivity contribution < 1.29 is 14.2 Å². The molecule has 1 N–H and O–H groups in total. The summed E-state index contributed by atoms with van der Waals surface area (Å²) in [7, 11) is 4.90. The first-order valence-electron chi connectivity index (χ1n) is 7.23. The SMILES string of the molecule is COc1cc(OC)c(-c2cnc(CNC3CC3)s2)cc1OC. The summed E-state index contributed by atoms with van der Waals surface area (Å²) in [6.45, 7) is 0.824. The molecule has 1 aromatic carbocycles. The minimum absolute atomic E-state index is 0.656. The van der Waals surface area contributed by atoms with E-state index in [1.165, 1.54) is 12.8 Å². The van der Waals surface area contributed by atoms with Gasteiger partial charge in [-0.2, -0.15) is 0 Å². The van der Waals surface area contributed by atoms with E-state index in [0.29, 0.717) is 17.5 Å². The molecular formula is C16H20N2O3S. The minimum Gasteiger partial charge on any atom is -0.496 e. The van der Waals surface area contributed by atoms with Crippen molar-refractivity contribution in [2.75, 3.05) is 21.3 Å². The van der Waals surface area contributed by atoms with E-state index in [0.717, 1.165) is 27.7 Å². The van der Waals surface area contributed by atoms with Gasteiger partial charge in [0.25, 0.3) is 0 Å². The third-order valence-electron chi connectivity index (χ3n) is 3.64. The number of methoxy groups -OCH3 is 3. The number of rotatable bonds is 7. The monoisotopic (exact) mass is 320 g/mol. The Morgan fingerprint density at radius 1 is 1.09 bits per heavy atom. The number of benzene rings is 1. The van der Waals surface area contributed by atoms with E-state index in [1.807, 2.05) is 18.3 Å². The predicted octanol–water partition coefficient (Wildman–Crippen LogP) is 3.09. The fraction of sp³-hybridized carbons (Fsp3) is 0.438. The Balaban J connectivity index is 1.88. The zero-order valence-electron chi connectivity index (χ0n) is 13.0. The second-order valence-corrected chi connectivity index (χ2v) is 6.30. The predicted molar refractivity (Wildman–Crippen MR) is 87.1 cm³/mol. The number of hydrogen-bond acceptors (Lipinski definition) is 6. The Hall–Kier alpha value is -1.79. The molecule has 1 aliphatic carbocycles. The Kier molecular flexibility index (Phi) is 4.49. The van der Waals surface area contributed by atoms with Gasteiger partial charge in [0.15, 0.2) is 11.5 Å². The van der Waals surface area contributed by atoms with Crippen LogP contribution in [0.5, 0.6) is 17.2 Å². The summed E-state index contributed by atoms with van der Waals surface area (Å²) in [4.78, 5) is 5.55. The summed E-state index contributed by atoms with van der Waals surface area (Å²) in [5.74, 6) is 2.09. The quantitative estimate of drug-likeness (QED) is 0.849. The highest BCUT2D eigenvalue weighted by Crippen LogP contribution is 2.41. The van der Waals surface area contributed by atoms with Crippen molar-refractivity contribution in [3.63, 3.8) is 0 Å². The molecule has 0 aliphatic heterocycles. The maximum atomic E-state index is 5.49. The third kappa shape index (κ3) is 3.18. The van der Waals surface area contributed by atoms with E-state index < -0.39 is 0 Å². The maximum absolute atomic E-state index is 5.49. The molecule has 1 saturated carbocycles. The van der Waals surface area contributed by atoms with Gasteiger partial charge in [-0.05, 0) is 18.9 Å². The van der Waals surface area contributed by atoms with E-state index in [9.17, 15) is 0 Å². The molecule has 0 atom stereocenters. The highest BCUT2D eigenvalue weighted by atomic mass is 32.1. The van der Waals surface area contributed by atoms with Crippen molar-refractivity contribution >= 4 is 11.3 Å². The molecule has 5 nitrogen and oxygen atoms in total. The summed E-state index contributed by atoms with van der Waals surface area (Å²) in [6, 6.07) is 4.46. The molecule has 0 unspecified atom stereocenters. The molecule has 0 bridgehead atoms. The lowest BCUT2D eigenvalue weighted by atomic mass is 10.1. The van der Waals surface area contributed by atoms with Gasteiger partial charge in [0, 0.05) is 30.4 Å². The molecular weight excluding hydrogens is 300 g/mol. The van der Waals surface area contributed by atoms with Crippen LogP contribution in [-0.4, -0.2) is 32.4 Å². The number of nitrogens with zero attached hydrogens (tertiary/aromatic N) is 1. The normalized spacial score (nSPS) is 14.0. The molecule has 118 valence electrons. The number of thiazole rings is 1. The zero-order valence-corrected chi connectivity index (χ0v) is 13.8. The van der Waals surface area contributed by atoms with Crippen LogP contribution in [0.4, 0.5) is 0 Å². The first-order valence-corrected chi connectivity index (χ1v) is 8.05. The fourth-order valence-electron chi connectivity index (χ4n) is 2.26. The largest absolute Gasteiger partial charge is 0.496 e. The third-order valence-corrected chi connectivity index (χ3v) is 4.67. The topological polar surface area (TPSA) is 52.6 Å². The van der Waals surface area contributed by atoms with Gasteiger partial charge in [-0.25, -0.2) is 4.98 Å². The zero-order chi connectivity index (χ0) is 15.5. The van der Waals surface area contributed by atoms with Crippen LogP contribution in [-0.2, 0) is 6.54 Å². The summed E-state index contributed by atoms with van der Waals surface area (Å²) in [5.41, 5.74) is 0.968. The van der Waals surface area contributed by atoms with E-state index >= 15 is 0 Å². The van der Waals surface area contributed by atoms with Gasteiger partial charge in [-0.1, -0.05) is 0 Å². The van der Waals surface area contributed by atoms with E-state index in [2.05, 4.69) is 10.3 Å². The van der Waals surface area contributed by atoms with Gasteiger partial charge in [0.05, 0.1) is 26.2 Å². The average Bonchev–Trinajstić information content (AvgIpc) is 3.28. The lowest BCUT2D eigenvalue weighted by molar-refractivity contribution is 0.349. The fourth-order valence-corrected chi connectivity index (χ4v) is 3.15. The summed E-state index contributed by atoms with van der Waals surface area (Å²) >= 11 is 1.67. The summed E-state index contributed by atoms with van der Waals surface area (Å²) in [5, 5.41) is 4.56. The van der Waals surface area contributed by atoms with Crippen LogP contribution < -0.4 is 19.5 Å². The molecule has 0 amide bonds. The Labute approximate surface area is 134 Å². The Morgan fingerprint density at radius 2 is 1.77 bits per heavy atom. The van der Waals surface area contributed by atoms with Crippen LogP contribution in [0.2, 0.25) is 0 Å². The van der Waals surface area contributed by atoms with Crippen molar-refractivity contribution in [3.05, 3.63) is 23.3 Å². The molecule has 2 aromatic rings. The number of nitrogens with one attached hydrogen (secondary N) is 1. The summed E-state index contributed by atoms with van der Waals surface area (Å²) in [6.07, 6.45) is 4.45. The van der Waals surface area contributed by atoms with Crippen LogP contribution in [0.1, 0.15) is 17.8 Å². The smallest absolute Gasteiger partial charge is 0.164 e. The second-order valence-electron chi connectivity index (χ2n) is 5.18. The lowest BCUT2D eigenvalue weighted by Crippen LogP contribution is -2.14. The number of hydrogen-bond donors (Lipinski definition) is 1. The first kappa shape index (κ1) is 15.1.